The predicted molar refractivity (Wildman–Crippen MR) is 117 cm³/mol. The Morgan fingerprint density at radius 1 is 1.38 bits per heavy atom. The van der Waals surface area contributed by atoms with Crippen molar-refractivity contribution in [2.75, 3.05) is 17.7 Å². The highest BCUT2D eigenvalue weighted by Crippen LogP contribution is 2.40. The largest absolute Gasteiger partial charge is 0.458 e. The molecular formula is C21H22ClN3O3S. The molecule has 8 heteroatoms. The van der Waals surface area contributed by atoms with Gasteiger partial charge in [-0.3, -0.25) is 4.79 Å². The predicted octanol–water partition coefficient (Wildman–Crippen LogP) is 4.49. The van der Waals surface area contributed by atoms with Gasteiger partial charge in [-0.25, -0.2) is 9.78 Å². The van der Waals surface area contributed by atoms with Crippen LogP contribution in [0.4, 0.5) is 5.82 Å². The Balaban J connectivity index is 2.15. The minimum atomic E-state index is -0.623. The molecule has 0 amide bonds. The van der Waals surface area contributed by atoms with Crippen molar-refractivity contribution in [3.8, 4) is 0 Å². The van der Waals surface area contributed by atoms with Gasteiger partial charge in [0.05, 0.1) is 17.1 Å². The average molecular weight is 432 g/mol. The molecule has 6 nitrogen and oxygen atoms in total. The van der Waals surface area contributed by atoms with Crippen LogP contribution in [-0.4, -0.2) is 28.3 Å². The number of hydrogen-bond donors (Lipinski definition) is 2. The number of esters is 1. The molecule has 1 aliphatic rings. The molecule has 0 spiro atoms. The summed E-state index contributed by atoms with van der Waals surface area (Å²) in [6.45, 7) is 7.50. The highest BCUT2D eigenvalue weighted by Gasteiger charge is 2.36. The topological polar surface area (TPSA) is 84.1 Å². The Morgan fingerprint density at radius 3 is 2.76 bits per heavy atom. The second-order valence-corrected chi connectivity index (χ2v) is 8.04. The van der Waals surface area contributed by atoms with Gasteiger partial charge in [0, 0.05) is 16.5 Å². The molecule has 29 heavy (non-hydrogen) atoms. The molecule has 1 aromatic carbocycles. The molecule has 2 N–H and O–H groups in total. The molecule has 0 bridgehead atoms. The van der Waals surface area contributed by atoms with Gasteiger partial charge >= 0.3 is 5.97 Å². The summed E-state index contributed by atoms with van der Waals surface area (Å²) in [4.78, 5) is 33.3. The summed E-state index contributed by atoms with van der Waals surface area (Å²) >= 11 is 7.52. The van der Waals surface area contributed by atoms with Crippen LogP contribution in [0, 0.1) is 0 Å². The van der Waals surface area contributed by atoms with Crippen LogP contribution in [-0.2, 0) is 9.53 Å². The maximum absolute atomic E-state index is 13.0. The summed E-state index contributed by atoms with van der Waals surface area (Å²) in [5.74, 6) is 0.160. The van der Waals surface area contributed by atoms with Crippen LogP contribution in [0.5, 0.6) is 0 Å². The smallest absolute Gasteiger partial charge is 0.337 e. The van der Waals surface area contributed by atoms with Crippen LogP contribution in [0.2, 0.25) is 5.02 Å². The minimum absolute atomic E-state index is 0.0804. The van der Waals surface area contributed by atoms with Crippen molar-refractivity contribution in [2.45, 2.75) is 31.3 Å². The van der Waals surface area contributed by atoms with Gasteiger partial charge in [-0.05, 0) is 31.0 Å². The number of H-pyrrole nitrogens is 1. The van der Waals surface area contributed by atoms with Crippen LogP contribution in [0.15, 0.2) is 58.1 Å². The van der Waals surface area contributed by atoms with Crippen LogP contribution in [0.25, 0.3) is 0 Å². The summed E-state index contributed by atoms with van der Waals surface area (Å²) in [6.07, 6.45) is 2.46. The van der Waals surface area contributed by atoms with Crippen LogP contribution in [0.1, 0.15) is 37.3 Å². The lowest BCUT2D eigenvalue weighted by atomic mass is 9.82. The van der Waals surface area contributed by atoms with E-state index in [2.05, 4.69) is 28.8 Å². The Labute approximate surface area is 178 Å². The second kappa shape index (κ2) is 9.33. The molecule has 0 fully saturated rings. The number of allylic oxidation sites excluding steroid dienone is 1. The van der Waals surface area contributed by atoms with Gasteiger partial charge in [0.25, 0.3) is 5.56 Å². The number of rotatable bonds is 7. The number of nitrogens with one attached hydrogen (secondary N) is 2. The van der Waals surface area contributed by atoms with E-state index >= 15 is 0 Å². The summed E-state index contributed by atoms with van der Waals surface area (Å²) < 4.78 is 5.29. The van der Waals surface area contributed by atoms with Crippen LogP contribution < -0.4 is 10.9 Å². The van der Waals surface area contributed by atoms with Gasteiger partial charge in [-0.2, -0.15) is 0 Å². The number of carbonyl (C=O) groups is 1. The van der Waals surface area contributed by atoms with Crippen molar-refractivity contribution in [3.63, 3.8) is 0 Å². The molecule has 0 saturated carbocycles. The molecule has 0 aliphatic carbocycles. The van der Waals surface area contributed by atoms with Crippen molar-refractivity contribution >= 4 is 35.1 Å². The lowest BCUT2D eigenvalue weighted by Crippen LogP contribution is -2.31. The van der Waals surface area contributed by atoms with E-state index in [0.717, 1.165) is 17.7 Å². The molecule has 0 saturated heterocycles. The molecule has 1 aliphatic heterocycles. The summed E-state index contributed by atoms with van der Waals surface area (Å²) in [5, 5.41) is 4.23. The van der Waals surface area contributed by atoms with Crippen molar-refractivity contribution < 1.29 is 9.53 Å². The molecule has 3 rings (SSSR count). The highest BCUT2D eigenvalue weighted by atomic mass is 35.5. The second-order valence-electron chi connectivity index (χ2n) is 6.52. The Morgan fingerprint density at radius 2 is 2.10 bits per heavy atom. The number of halogens is 1. The first-order valence-corrected chi connectivity index (χ1v) is 10.6. The van der Waals surface area contributed by atoms with E-state index in [1.54, 1.807) is 31.2 Å². The Kier molecular flexibility index (Phi) is 6.82. The van der Waals surface area contributed by atoms with Gasteiger partial charge in [0.2, 0.25) is 0 Å². The van der Waals surface area contributed by atoms with Crippen LogP contribution in [0.3, 0.4) is 0 Å². The van der Waals surface area contributed by atoms with Gasteiger partial charge in [-0.1, -0.05) is 55.1 Å². The number of carbonyl (C=O) groups excluding carboxylic acids is 1. The summed E-state index contributed by atoms with van der Waals surface area (Å²) in [6, 6.07) is 7.06. The van der Waals surface area contributed by atoms with Gasteiger partial charge < -0.3 is 15.0 Å². The Bertz CT molecular complexity index is 1010. The summed E-state index contributed by atoms with van der Waals surface area (Å²) in [5.41, 5.74) is 1.80. The van der Waals surface area contributed by atoms with E-state index in [9.17, 15) is 9.59 Å². The van der Waals surface area contributed by atoms with Gasteiger partial charge in [0.15, 0.2) is 5.16 Å². The number of aromatic amines is 1. The number of hydrogen-bond acceptors (Lipinski definition) is 6. The molecule has 1 atom stereocenters. The lowest BCUT2D eigenvalue weighted by Gasteiger charge is -2.28. The number of anilines is 1. The zero-order valence-corrected chi connectivity index (χ0v) is 17.8. The average Bonchev–Trinajstić information content (AvgIpc) is 2.70. The van der Waals surface area contributed by atoms with Crippen molar-refractivity contribution in [1.29, 1.82) is 0 Å². The maximum Gasteiger partial charge on any atom is 0.337 e. The fraction of sp³-hybridized carbons (Fsp3) is 0.286. The number of thioether (sulfide) groups is 1. The lowest BCUT2D eigenvalue weighted by molar-refractivity contribution is -0.138. The molecule has 0 unspecified atom stereocenters. The van der Waals surface area contributed by atoms with Crippen molar-refractivity contribution in [2.24, 2.45) is 0 Å². The standard InChI is InChI=1S/C21H22ClN3O3S/c1-4-10-28-20(27)15-12(3)23-18-17(16(15)13-6-8-14(22)9-7-13)19(26)25-21(24-18)29-11-5-2/h4,6-9,16H,1,5,10-11H2,2-3H3,(H2,23,24,25,26)/t16-/m1/s1. The van der Waals surface area contributed by atoms with E-state index in [4.69, 9.17) is 16.3 Å². The van der Waals surface area contributed by atoms with E-state index < -0.39 is 11.9 Å². The van der Waals surface area contributed by atoms with E-state index in [1.807, 2.05) is 0 Å². The highest BCUT2D eigenvalue weighted by molar-refractivity contribution is 7.99. The first-order valence-electron chi connectivity index (χ1n) is 9.24. The molecule has 2 heterocycles. The molecule has 152 valence electrons. The third kappa shape index (κ3) is 4.57. The molecule has 2 aromatic rings. The van der Waals surface area contributed by atoms with E-state index in [-0.39, 0.29) is 12.2 Å². The fourth-order valence-electron chi connectivity index (χ4n) is 3.17. The zero-order valence-electron chi connectivity index (χ0n) is 16.3. The van der Waals surface area contributed by atoms with Crippen molar-refractivity contribution in [1.82, 2.24) is 9.97 Å². The first kappa shape index (κ1) is 21.2. The SMILES string of the molecule is C=CCOC(=O)C1=C(C)Nc2nc(SCCC)[nH]c(=O)c2[C@@H]1c1ccc(Cl)cc1. The number of fused-ring (bicyclic) bond motifs is 1. The third-order valence-electron chi connectivity index (χ3n) is 4.42. The number of ether oxygens (including phenoxy) is 1. The Hall–Kier alpha value is -2.51. The summed E-state index contributed by atoms with van der Waals surface area (Å²) in [7, 11) is 0. The minimum Gasteiger partial charge on any atom is -0.458 e. The van der Waals surface area contributed by atoms with E-state index in [0.29, 0.717) is 32.8 Å². The monoisotopic (exact) mass is 431 g/mol. The van der Waals surface area contributed by atoms with Gasteiger partial charge in [-0.15, -0.1) is 0 Å². The number of nitrogens with zero attached hydrogens (tertiary/aromatic N) is 1. The maximum atomic E-state index is 13.0. The molecule has 0 radical (unpaired) electrons. The third-order valence-corrected chi connectivity index (χ3v) is 5.75. The van der Waals surface area contributed by atoms with Crippen LogP contribution >= 0.6 is 23.4 Å². The number of aromatic nitrogens is 2. The fourth-order valence-corrected chi connectivity index (χ4v) is 4.01. The zero-order chi connectivity index (χ0) is 21.0. The first-order chi connectivity index (χ1) is 14.0. The number of benzene rings is 1. The molecular weight excluding hydrogens is 410 g/mol. The van der Waals surface area contributed by atoms with E-state index in [1.165, 1.54) is 17.8 Å². The normalized spacial score (nSPS) is 15.5. The van der Waals surface area contributed by atoms with Crippen molar-refractivity contribution in [3.05, 3.63) is 74.7 Å². The quantitative estimate of drug-likeness (QED) is 0.291. The molecule has 1 aromatic heterocycles. The van der Waals surface area contributed by atoms with Gasteiger partial charge in [0.1, 0.15) is 12.4 Å².